The van der Waals surface area contributed by atoms with Crippen molar-refractivity contribution in [2.24, 2.45) is 0 Å². The first kappa shape index (κ1) is 19.5. The van der Waals surface area contributed by atoms with Crippen LogP contribution in [0.2, 0.25) is 5.02 Å². The molecule has 1 saturated carbocycles. The number of esters is 2. The van der Waals surface area contributed by atoms with Crippen molar-refractivity contribution >= 4 is 29.6 Å². The molecule has 0 radical (unpaired) electrons. The maximum absolute atomic E-state index is 12.6. The second-order valence-corrected chi connectivity index (χ2v) is 7.63. The van der Waals surface area contributed by atoms with E-state index in [4.69, 9.17) is 25.8 Å². The van der Waals surface area contributed by atoms with Crippen molar-refractivity contribution in [2.45, 2.75) is 44.5 Å². The lowest BCUT2D eigenvalue weighted by Gasteiger charge is -2.38. The third kappa shape index (κ3) is 4.30. The van der Waals surface area contributed by atoms with Crippen LogP contribution in [0.1, 0.15) is 43.2 Å². The van der Waals surface area contributed by atoms with E-state index in [0.29, 0.717) is 29.2 Å². The van der Waals surface area contributed by atoms with Gasteiger partial charge in [-0.2, -0.15) is 0 Å². The molecule has 0 amide bonds. The first-order valence-corrected chi connectivity index (χ1v) is 10.1. The molecule has 5 nitrogen and oxygen atoms in total. The van der Waals surface area contributed by atoms with Gasteiger partial charge >= 0.3 is 11.9 Å². The molecule has 0 atom stereocenters. The molecule has 0 aromatic heterocycles. The highest BCUT2D eigenvalue weighted by Gasteiger charge is 2.46. The Hall–Kier alpha value is -2.79. The van der Waals surface area contributed by atoms with Gasteiger partial charge in [0.05, 0.1) is 0 Å². The Morgan fingerprint density at radius 1 is 0.931 bits per heavy atom. The number of hydrogen-bond donors (Lipinski definition) is 0. The van der Waals surface area contributed by atoms with Gasteiger partial charge in [0.1, 0.15) is 17.9 Å². The molecule has 1 heterocycles. The molecule has 29 heavy (non-hydrogen) atoms. The van der Waals surface area contributed by atoms with Gasteiger partial charge in [-0.3, -0.25) is 0 Å². The number of ether oxygens (including phenoxy) is 3. The average Bonchev–Trinajstić information content (AvgIpc) is 2.71. The molecule has 6 heteroatoms. The fourth-order valence-electron chi connectivity index (χ4n) is 3.62. The Labute approximate surface area is 174 Å². The van der Waals surface area contributed by atoms with Crippen LogP contribution in [-0.4, -0.2) is 17.7 Å². The van der Waals surface area contributed by atoms with Crippen LogP contribution in [0.3, 0.4) is 0 Å². The molecule has 0 bridgehead atoms. The van der Waals surface area contributed by atoms with Crippen molar-refractivity contribution < 1.29 is 23.8 Å². The molecule has 0 N–H and O–H groups in total. The summed E-state index contributed by atoms with van der Waals surface area (Å²) in [5.41, 5.74) is 1.30. The summed E-state index contributed by atoms with van der Waals surface area (Å²) >= 11 is 6.18. The normalized spacial score (nSPS) is 18.2. The van der Waals surface area contributed by atoms with Crippen molar-refractivity contribution in [3.63, 3.8) is 0 Å². The topological polar surface area (TPSA) is 61.8 Å². The van der Waals surface area contributed by atoms with Gasteiger partial charge in [-0.1, -0.05) is 54.4 Å². The Morgan fingerprint density at radius 3 is 2.31 bits per heavy atom. The highest BCUT2D eigenvalue weighted by Crippen LogP contribution is 2.37. The van der Waals surface area contributed by atoms with E-state index >= 15 is 0 Å². The number of halogens is 1. The predicted molar refractivity (Wildman–Crippen MR) is 108 cm³/mol. The quantitative estimate of drug-likeness (QED) is 0.399. The molecular weight excluding hydrogens is 392 g/mol. The van der Waals surface area contributed by atoms with Gasteiger partial charge in [0.25, 0.3) is 5.79 Å². The van der Waals surface area contributed by atoms with E-state index in [-0.39, 0.29) is 12.2 Å². The SMILES string of the molecule is O=C1OC2(CCCCC2)OC(=O)C1=Cc1ccccc1OCc1ccccc1Cl. The molecule has 1 aliphatic carbocycles. The van der Waals surface area contributed by atoms with E-state index in [1.165, 1.54) is 6.08 Å². The molecular formula is C23H21ClO5. The van der Waals surface area contributed by atoms with E-state index in [9.17, 15) is 9.59 Å². The number of benzene rings is 2. The summed E-state index contributed by atoms with van der Waals surface area (Å²) in [5.74, 6) is -1.87. The minimum Gasteiger partial charge on any atom is -0.488 e. The fourth-order valence-corrected chi connectivity index (χ4v) is 3.81. The lowest BCUT2D eigenvalue weighted by molar-refractivity contribution is -0.244. The molecule has 2 aliphatic rings. The van der Waals surface area contributed by atoms with E-state index in [1.54, 1.807) is 24.3 Å². The summed E-state index contributed by atoms with van der Waals surface area (Å²) < 4.78 is 17.0. The largest absolute Gasteiger partial charge is 0.488 e. The smallest absolute Gasteiger partial charge is 0.348 e. The van der Waals surface area contributed by atoms with Crippen LogP contribution in [0.5, 0.6) is 5.75 Å². The minimum absolute atomic E-state index is 0.130. The Balaban J connectivity index is 1.54. The van der Waals surface area contributed by atoms with Gasteiger partial charge in [0.15, 0.2) is 0 Å². The second-order valence-electron chi connectivity index (χ2n) is 7.23. The summed E-state index contributed by atoms with van der Waals surface area (Å²) in [4.78, 5) is 25.1. The standard InChI is InChI=1S/C23H21ClO5/c24-19-10-4-2-9-17(19)15-27-20-11-5-3-8-16(20)14-18-21(25)28-23(29-22(18)26)12-6-1-7-13-23/h2-5,8-11,14H,1,6-7,12-13,15H2. The molecule has 4 rings (SSSR count). The van der Waals surface area contributed by atoms with Crippen LogP contribution < -0.4 is 4.74 Å². The third-order valence-corrected chi connectivity index (χ3v) is 5.54. The van der Waals surface area contributed by atoms with Crippen molar-refractivity contribution in [2.75, 3.05) is 0 Å². The van der Waals surface area contributed by atoms with Crippen LogP contribution >= 0.6 is 11.6 Å². The highest BCUT2D eigenvalue weighted by atomic mass is 35.5. The monoisotopic (exact) mass is 412 g/mol. The van der Waals surface area contributed by atoms with Crippen LogP contribution in [0.25, 0.3) is 6.08 Å². The summed E-state index contributed by atoms with van der Waals surface area (Å²) in [6, 6.07) is 14.6. The zero-order chi connectivity index (χ0) is 20.3. The minimum atomic E-state index is -1.09. The van der Waals surface area contributed by atoms with Gasteiger partial charge in [-0.25, -0.2) is 9.59 Å². The predicted octanol–water partition coefficient (Wildman–Crippen LogP) is 5.06. The highest BCUT2D eigenvalue weighted by molar-refractivity contribution is 6.31. The molecule has 150 valence electrons. The molecule has 2 aromatic rings. The second kappa shape index (κ2) is 8.29. The maximum Gasteiger partial charge on any atom is 0.348 e. The number of carbonyl (C=O) groups is 2. The van der Waals surface area contributed by atoms with Crippen molar-refractivity contribution in [1.29, 1.82) is 0 Å². The number of carbonyl (C=O) groups excluding carboxylic acids is 2. The first-order chi connectivity index (χ1) is 14.1. The van der Waals surface area contributed by atoms with Crippen molar-refractivity contribution in [3.05, 3.63) is 70.3 Å². The number of hydrogen-bond acceptors (Lipinski definition) is 5. The summed E-state index contributed by atoms with van der Waals surface area (Å²) in [5, 5.41) is 0.612. The molecule has 2 aromatic carbocycles. The van der Waals surface area contributed by atoms with Crippen LogP contribution in [0, 0.1) is 0 Å². The zero-order valence-corrected chi connectivity index (χ0v) is 16.6. The summed E-state index contributed by atoms with van der Waals surface area (Å²) in [6.07, 6.45) is 5.36. The van der Waals surface area contributed by atoms with Gasteiger partial charge in [-0.05, 0) is 31.1 Å². The first-order valence-electron chi connectivity index (χ1n) is 9.70. The van der Waals surface area contributed by atoms with E-state index < -0.39 is 17.7 Å². The van der Waals surface area contributed by atoms with Crippen molar-refractivity contribution in [1.82, 2.24) is 0 Å². The van der Waals surface area contributed by atoms with Gasteiger partial charge in [-0.15, -0.1) is 0 Å². The van der Waals surface area contributed by atoms with Crippen molar-refractivity contribution in [3.8, 4) is 5.75 Å². The molecule has 1 aliphatic heterocycles. The van der Waals surface area contributed by atoms with Gasteiger partial charge in [0.2, 0.25) is 0 Å². The van der Waals surface area contributed by atoms with E-state index in [0.717, 1.165) is 24.8 Å². The molecule has 0 unspecified atom stereocenters. The summed E-state index contributed by atoms with van der Waals surface area (Å²) in [7, 11) is 0. The fraction of sp³-hybridized carbons (Fsp3) is 0.304. The van der Waals surface area contributed by atoms with Gasteiger partial charge < -0.3 is 14.2 Å². The Bertz CT molecular complexity index is 937. The number of rotatable bonds is 4. The molecule has 1 saturated heterocycles. The van der Waals surface area contributed by atoms with E-state index in [2.05, 4.69) is 0 Å². The van der Waals surface area contributed by atoms with Crippen LogP contribution in [-0.2, 0) is 25.7 Å². The van der Waals surface area contributed by atoms with Gasteiger partial charge in [0, 0.05) is 29.0 Å². The van der Waals surface area contributed by atoms with Crippen LogP contribution in [0.15, 0.2) is 54.1 Å². The Kier molecular flexibility index (Phi) is 5.58. The number of para-hydroxylation sites is 1. The molecule has 2 fully saturated rings. The molecule has 1 spiro atoms. The van der Waals surface area contributed by atoms with Crippen LogP contribution in [0.4, 0.5) is 0 Å². The zero-order valence-electron chi connectivity index (χ0n) is 15.9. The van der Waals surface area contributed by atoms with E-state index in [1.807, 2.05) is 24.3 Å². The third-order valence-electron chi connectivity index (χ3n) is 5.17. The Morgan fingerprint density at radius 2 is 1.59 bits per heavy atom. The maximum atomic E-state index is 12.6. The lowest BCUT2D eigenvalue weighted by atomic mass is 9.93. The average molecular weight is 413 g/mol. The lowest BCUT2D eigenvalue weighted by Crippen LogP contribution is -2.47. The summed E-state index contributed by atoms with van der Waals surface area (Å²) in [6.45, 7) is 0.262.